The van der Waals surface area contributed by atoms with Crippen LogP contribution >= 0.6 is 0 Å². The molecule has 0 spiro atoms. The van der Waals surface area contributed by atoms with Crippen LogP contribution < -0.4 is 14.9 Å². The summed E-state index contributed by atoms with van der Waals surface area (Å²) in [6.07, 6.45) is 3.06. The molecule has 0 saturated carbocycles. The highest BCUT2D eigenvalue weighted by molar-refractivity contribution is 5.94. The van der Waals surface area contributed by atoms with E-state index in [0.29, 0.717) is 17.1 Å². The normalized spacial score (nSPS) is 12.6. The summed E-state index contributed by atoms with van der Waals surface area (Å²) in [6.45, 7) is 2.09. The van der Waals surface area contributed by atoms with Crippen LogP contribution in [-0.2, 0) is 0 Å². The Morgan fingerprint density at radius 2 is 2.14 bits per heavy atom. The SMILES string of the molecule is Cc1ccc(C(=O)NN=Cc2ccc3c(c2)OCO3)cn1. The molecule has 3 rings (SSSR count). The summed E-state index contributed by atoms with van der Waals surface area (Å²) >= 11 is 0. The number of pyridine rings is 1. The number of hydrogen-bond acceptors (Lipinski definition) is 5. The van der Waals surface area contributed by atoms with E-state index in [9.17, 15) is 4.79 Å². The number of carbonyl (C=O) groups excluding carboxylic acids is 1. The highest BCUT2D eigenvalue weighted by atomic mass is 16.7. The van der Waals surface area contributed by atoms with Gasteiger partial charge in [0.1, 0.15) is 0 Å². The van der Waals surface area contributed by atoms with E-state index in [4.69, 9.17) is 9.47 Å². The highest BCUT2D eigenvalue weighted by Crippen LogP contribution is 2.31. The summed E-state index contributed by atoms with van der Waals surface area (Å²) in [7, 11) is 0. The predicted octanol–water partition coefficient (Wildman–Crippen LogP) is 1.88. The van der Waals surface area contributed by atoms with Crippen LogP contribution in [0, 0.1) is 6.92 Å². The molecule has 0 radical (unpaired) electrons. The first-order valence-corrected chi connectivity index (χ1v) is 6.38. The van der Waals surface area contributed by atoms with E-state index in [1.165, 1.54) is 6.20 Å². The number of hydrogen-bond donors (Lipinski definition) is 1. The van der Waals surface area contributed by atoms with Crippen LogP contribution in [0.3, 0.4) is 0 Å². The molecule has 0 aliphatic carbocycles. The van der Waals surface area contributed by atoms with Crippen molar-refractivity contribution in [3.05, 3.63) is 53.3 Å². The van der Waals surface area contributed by atoms with Crippen molar-refractivity contribution in [2.45, 2.75) is 6.92 Å². The third-order valence-electron chi connectivity index (χ3n) is 2.95. The maximum absolute atomic E-state index is 11.8. The van der Waals surface area contributed by atoms with Crippen molar-refractivity contribution in [2.75, 3.05) is 6.79 Å². The fourth-order valence-corrected chi connectivity index (χ4v) is 1.83. The van der Waals surface area contributed by atoms with E-state index in [1.54, 1.807) is 30.5 Å². The molecule has 2 aromatic rings. The van der Waals surface area contributed by atoms with E-state index < -0.39 is 0 Å². The van der Waals surface area contributed by atoms with Crippen molar-refractivity contribution < 1.29 is 14.3 Å². The lowest BCUT2D eigenvalue weighted by molar-refractivity contribution is 0.0955. The molecule has 0 unspecified atom stereocenters. The topological polar surface area (TPSA) is 72.8 Å². The molecule has 1 aromatic carbocycles. The smallest absolute Gasteiger partial charge is 0.272 e. The van der Waals surface area contributed by atoms with E-state index >= 15 is 0 Å². The van der Waals surface area contributed by atoms with Gasteiger partial charge in [-0.3, -0.25) is 9.78 Å². The zero-order valence-electron chi connectivity index (χ0n) is 11.4. The molecular weight excluding hydrogens is 270 g/mol. The molecule has 1 N–H and O–H groups in total. The number of hydrazone groups is 1. The second-order valence-electron chi connectivity index (χ2n) is 4.50. The first-order chi connectivity index (χ1) is 10.2. The molecule has 2 heterocycles. The zero-order valence-corrected chi connectivity index (χ0v) is 11.4. The number of benzene rings is 1. The number of rotatable bonds is 3. The Labute approximate surface area is 121 Å². The van der Waals surface area contributed by atoms with Gasteiger partial charge in [0, 0.05) is 11.9 Å². The van der Waals surface area contributed by atoms with E-state index in [0.717, 1.165) is 11.3 Å². The average molecular weight is 283 g/mol. The Bertz CT molecular complexity index is 696. The molecule has 0 bridgehead atoms. The monoisotopic (exact) mass is 283 g/mol. The maximum Gasteiger partial charge on any atom is 0.272 e. The van der Waals surface area contributed by atoms with Crippen LogP contribution in [0.5, 0.6) is 11.5 Å². The molecular formula is C15H13N3O3. The summed E-state index contributed by atoms with van der Waals surface area (Å²) in [5, 5.41) is 3.92. The number of amides is 1. The molecule has 106 valence electrons. The number of carbonyl (C=O) groups is 1. The van der Waals surface area contributed by atoms with Crippen molar-refractivity contribution in [1.82, 2.24) is 10.4 Å². The van der Waals surface area contributed by atoms with Gasteiger partial charge in [-0.15, -0.1) is 0 Å². The van der Waals surface area contributed by atoms with Gasteiger partial charge in [0.15, 0.2) is 11.5 Å². The van der Waals surface area contributed by atoms with Crippen molar-refractivity contribution in [2.24, 2.45) is 5.10 Å². The van der Waals surface area contributed by atoms with Gasteiger partial charge in [-0.2, -0.15) is 5.10 Å². The van der Waals surface area contributed by atoms with Crippen molar-refractivity contribution >= 4 is 12.1 Å². The van der Waals surface area contributed by atoms with Gasteiger partial charge in [-0.25, -0.2) is 5.43 Å². The zero-order chi connectivity index (χ0) is 14.7. The number of nitrogens with zero attached hydrogens (tertiary/aromatic N) is 2. The Balaban J connectivity index is 1.64. The minimum Gasteiger partial charge on any atom is -0.454 e. The van der Waals surface area contributed by atoms with Gasteiger partial charge >= 0.3 is 0 Å². The summed E-state index contributed by atoms with van der Waals surface area (Å²) in [5.74, 6) is 1.08. The molecule has 0 fully saturated rings. The van der Waals surface area contributed by atoms with Crippen LogP contribution in [0.25, 0.3) is 0 Å². The Kier molecular flexibility index (Phi) is 3.51. The molecule has 1 aliphatic heterocycles. The molecule has 1 aliphatic rings. The fraction of sp³-hybridized carbons (Fsp3) is 0.133. The molecule has 1 aromatic heterocycles. The summed E-state index contributed by atoms with van der Waals surface area (Å²) in [5.41, 5.74) is 4.58. The second-order valence-corrected chi connectivity index (χ2v) is 4.50. The van der Waals surface area contributed by atoms with Crippen molar-refractivity contribution in [3.8, 4) is 11.5 Å². The standard InChI is InChI=1S/C15H13N3O3/c1-10-2-4-12(8-16-10)15(19)18-17-7-11-3-5-13-14(6-11)21-9-20-13/h2-8H,9H2,1H3,(H,18,19). The lowest BCUT2D eigenvalue weighted by atomic mass is 10.2. The molecule has 1 amide bonds. The molecule has 0 atom stereocenters. The molecule has 6 heteroatoms. The van der Waals surface area contributed by atoms with E-state index in [-0.39, 0.29) is 12.7 Å². The van der Waals surface area contributed by atoms with Gasteiger partial charge in [0.05, 0.1) is 11.8 Å². The third-order valence-corrected chi connectivity index (χ3v) is 2.95. The number of nitrogens with one attached hydrogen (secondary N) is 1. The minimum atomic E-state index is -0.306. The van der Waals surface area contributed by atoms with Crippen LogP contribution in [0.15, 0.2) is 41.6 Å². The number of aromatic nitrogens is 1. The van der Waals surface area contributed by atoms with Crippen molar-refractivity contribution in [1.29, 1.82) is 0 Å². The van der Waals surface area contributed by atoms with Crippen LogP contribution in [-0.4, -0.2) is 23.9 Å². The first-order valence-electron chi connectivity index (χ1n) is 6.38. The van der Waals surface area contributed by atoms with E-state index in [2.05, 4.69) is 15.5 Å². The largest absolute Gasteiger partial charge is 0.454 e. The van der Waals surface area contributed by atoms with Crippen LogP contribution in [0.4, 0.5) is 0 Å². The minimum absolute atomic E-state index is 0.229. The summed E-state index contributed by atoms with van der Waals surface area (Å²) < 4.78 is 10.5. The fourth-order valence-electron chi connectivity index (χ4n) is 1.83. The van der Waals surface area contributed by atoms with Gasteiger partial charge in [0.25, 0.3) is 5.91 Å². The third kappa shape index (κ3) is 3.00. The summed E-state index contributed by atoms with van der Waals surface area (Å²) in [4.78, 5) is 15.9. The lowest BCUT2D eigenvalue weighted by Crippen LogP contribution is -2.17. The Morgan fingerprint density at radius 3 is 2.95 bits per heavy atom. The van der Waals surface area contributed by atoms with Crippen molar-refractivity contribution in [3.63, 3.8) is 0 Å². The lowest BCUT2D eigenvalue weighted by Gasteiger charge is -2.00. The summed E-state index contributed by atoms with van der Waals surface area (Å²) in [6, 6.07) is 8.90. The maximum atomic E-state index is 11.8. The van der Waals surface area contributed by atoms with Gasteiger partial charge in [-0.05, 0) is 42.8 Å². The number of ether oxygens (including phenoxy) is 2. The quantitative estimate of drug-likeness (QED) is 0.689. The van der Waals surface area contributed by atoms with E-state index in [1.807, 2.05) is 13.0 Å². The average Bonchev–Trinajstić information content (AvgIpc) is 2.95. The number of aryl methyl sites for hydroxylation is 1. The number of fused-ring (bicyclic) bond motifs is 1. The second kappa shape index (κ2) is 5.62. The molecule has 6 nitrogen and oxygen atoms in total. The predicted molar refractivity (Wildman–Crippen MR) is 76.6 cm³/mol. The van der Waals surface area contributed by atoms with Gasteiger partial charge in [0.2, 0.25) is 6.79 Å². The van der Waals surface area contributed by atoms with Gasteiger partial charge in [-0.1, -0.05) is 0 Å². The van der Waals surface area contributed by atoms with Crippen LogP contribution in [0.2, 0.25) is 0 Å². The Morgan fingerprint density at radius 1 is 1.29 bits per heavy atom. The molecule has 21 heavy (non-hydrogen) atoms. The molecule has 0 saturated heterocycles. The first kappa shape index (κ1) is 13.1. The van der Waals surface area contributed by atoms with Gasteiger partial charge < -0.3 is 9.47 Å². The highest BCUT2D eigenvalue weighted by Gasteiger charge is 2.12. The Hall–Kier alpha value is -2.89. The van der Waals surface area contributed by atoms with Crippen LogP contribution in [0.1, 0.15) is 21.6 Å².